The summed E-state index contributed by atoms with van der Waals surface area (Å²) in [5.41, 5.74) is 0.585. The molecule has 1 unspecified atom stereocenters. The van der Waals surface area contributed by atoms with Crippen molar-refractivity contribution in [1.82, 2.24) is 0 Å². The molecule has 2 rings (SSSR count). The summed E-state index contributed by atoms with van der Waals surface area (Å²) in [6.07, 6.45) is 1.16. The van der Waals surface area contributed by atoms with Crippen LogP contribution in [-0.2, 0) is 9.84 Å². The van der Waals surface area contributed by atoms with Crippen molar-refractivity contribution in [2.45, 2.75) is 12.2 Å². The fraction of sp³-hybridized carbons (Fsp3) is 0.200. The first-order chi connectivity index (χ1) is 10.2. The van der Waals surface area contributed by atoms with Crippen LogP contribution in [0.25, 0.3) is 0 Å². The number of halogens is 3. The Morgan fingerprint density at radius 1 is 1.09 bits per heavy atom. The van der Waals surface area contributed by atoms with E-state index in [2.05, 4.69) is 15.9 Å². The Morgan fingerprint density at radius 2 is 1.73 bits per heavy atom. The second kappa shape index (κ2) is 6.34. The molecule has 0 heterocycles. The average Bonchev–Trinajstić information content (AvgIpc) is 2.42. The third-order valence-electron chi connectivity index (χ3n) is 3.18. The highest BCUT2D eigenvalue weighted by Crippen LogP contribution is 2.34. The van der Waals surface area contributed by atoms with E-state index in [0.29, 0.717) is 15.8 Å². The molecule has 0 aliphatic rings. The van der Waals surface area contributed by atoms with Crippen LogP contribution in [0.1, 0.15) is 17.7 Å². The summed E-state index contributed by atoms with van der Waals surface area (Å²) in [5.74, 6) is -1.33. The summed E-state index contributed by atoms with van der Waals surface area (Å²) in [5, 5.41) is -0.666. The molecule has 7 heteroatoms. The zero-order chi connectivity index (χ0) is 16.5. The van der Waals surface area contributed by atoms with Gasteiger partial charge in [0, 0.05) is 12.3 Å². The molecule has 0 aromatic heterocycles. The van der Waals surface area contributed by atoms with Crippen molar-refractivity contribution in [1.29, 1.82) is 0 Å². The lowest BCUT2D eigenvalue weighted by Crippen LogP contribution is -2.07. The molecule has 0 aliphatic heterocycles. The molecule has 0 radical (unpaired) electrons. The van der Waals surface area contributed by atoms with Gasteiger partial charge in [-0.3, -0.25) is 0 Å². The first-order valence-electron chi connectivity index (χ1n) is 6.29. The van der Waals surface area contributed by atoms with E-state index in [1.165, 1.54) is 12.1 Å². The first kappa shape index (κ1) is 16.9. The fourth-order valence-corrected chi connectivity index (χ4v) is 2.89. The van der Waals surface area contributed by atoms with Gasteiger partial charge in [-0.05, 0) is 52.7 Å². The van der Waals surface area contributed by atoms with Gasteiger partial charge in [0.25, 0.3) is 0 Å². The molecule has 22 heavy (non-hydrogen) atoms. The Hall–Kier alpha value is -1.47. The topological polar surface area (TPSA) is 43.4 Å². The van der Waals surface area contributed by atoms with Gasteiger partial charge < -0.3 is 4.74 Å². The molecule has 0 aliphatic carbocycles. The Morgan fingerprint density at radius 3 is 2.27 bits per heavy atom. The van der Waals surface area contributed by atoms with Gasteiger partial charge in [0.15, 0.2) is 21.4 Å². The SMILES string of the molecule is CC(c1ccc(Oc2ccc(F)cc2F)c(Br)c1)S(C)(=O)=O. The van der Waals surface area contributed by atoms with Gasteiger partial charge in [-0.15, -0.1) is 0 Å². The summed E-state index contributed by atoms with van der Waals surface area (Å²) in [6, 6.07) is 7.72. The quantitative estimate of drug-likeness (QED) is 0.764. The summed E-state index contributed by atoms with van der Waals surface area (Å²) in [6.45, 7) is 1.58. The van der Waals surface area contributed by atoms with Crippen molar-refractivity contribution in [2.24, 2.45) is 0 Å². The van der Waals surface area contributed by atoms with Crippen LogP contribution in [0.5, 0.6) is 11.5 Å². The number of hydrogen-bond donors (Lipinski definition) is 0. The molecule has 2 aromatic carbocycles. The second-order valence-corrected chi connectivity index (χ2v) is 8.06. The van der Waals surface area contributed by atoms with Gasteiger partial charge in [-0.1, -0.05) is 6.07 Å². The third kappa shape index (κ3) is 3.84. The van der Waals surface area contributed by atoms with E-state index in [0.717, 1.165) is 18.4 Å². The van der Waals surface area contributed by atoms with E-state index < -0.39 is 26.7 Å². The number of rotatable bonds is 4. The summed E-state index contributed by atoms with van der Waals surface area (Å²) in [4.78, 5) is 0. The largest absolute Gasteiger partial charge is 0.453 e. The molecular weight excluding hydrogens is 378 g/mol. The van der Waals surface area contributed by atoms with E-state index in [4.69, 9.17) is 4.74 Å². The molecule has 0 spiro atoms. The van der Waals surface area contributed by atoms with Crippen LogP contribution in [0.4, 0.5) is 8.78 Å². The standard InChI is InChI=1S/C15H13BrF2O3S/c1-9(22(2,19)20)10-3-5-14(12(16)7-10)21-15-6-4-11(17)8-13(15)18/h3-9H,1-2H3. The molecule has 118 valence electrons. The molecule has 1 atom stereocenters. The first-order valence-corrected chi connectivity index (χ1v) is 9.04. The smallest absolute Gasteiger partial charge is 0.168 e. The van der Waals surface area contributed by atoms with Crippen LogP contribution >= 0.6 is 15.9 Å². The molecule has 0 N–H and O–H groups in total. The van der Waals surface area contributed by atoms with Gasteiger partial charge in [0.05, 0.1) is 9.72 Å². The second-order valence-electron chi connectivity index (χ2n) is 4.84. The minimum atomic E-state index is -3.22. The minimum Gasteiger partial charge on any atom is -0.453 e. The molecule has 0 amide bonds. The van der Waals surface area contributed by atoms with Crippen LogP contribution in [0, 0.1) is 11.6 Å². The lowest BCUT2D eigenvalue weighted by Gasteiger charge is -2.13. The van der Waals surface area contributed by atoms with Gasteiger partial charge in [0.2, 0.25) is 0 Å². The van der Waals surface area contributed by atoms with Crippen LogP contribution in [0.15, 0.2) is 40.9 Å². The van der Waals surface area contributed by atoms with Crippen molar-refractivity contribution >= 4 is 25.8 Å². The van der Waals surface area contributed by atoms with Gasteiger partial charge in [-0.25, -0.2) is 17.2 Å². The normalized spacial score (nSPS) is 13.0. The summed E-state index contributed by atoms with van der Waals surface area (Å²) < 4.78 is 55.4. The van der Waals surface area contributed by atoms with Crippen molar-refractivity contribution in [3.63, 3.8) is 0 Å². The Bertz CT molecular complexity index is 806. The monoisotopic (exact) mass is 390 g/mol. The van der Waals surface area contributed by atoms with Crippen LogP contribution in [0.3, 0.4) is 0 Å². The van der Waals surface area contributed by atoms with E-state index in [1.54, 1.807) is 19.1 Å². The van der Waals surface area contributed by atoms with Crippen molar-refractivity contribution in [3.05, 3.63) is 58.1 Å². The molecule has 3 nitrogen and oxygen atoms in total. The highest BCUT2D eigenvalue weighted by atomic mass is 79.9. The van der Waals surface area contributed by atoms with Crippen LogP contribution in [-0.4, -0.2) is 14.7 Å². The summed E-state index contributed by atoms with van der Waals surface area (Å²) >= 11 is 3.26. The molecular formula is C15H13BrF2O3S. The lowest BCUT2D eigenvalue weighted by molar-refractivity contribution is 0.435. The van der Waals surface area contributed by atoms with Crippen molar-refractivity contribution in [3.8, 4) is 11.5 Å². The van der Waals surface area contributed by atoms with Crippen LogP contribution < -0.4 is 4.74 Å². The molecule has 2 aromatic rings. The predicted molar refractivity (Wildman–Crippen MR) is 83.8 cm³/mol. The molecule has 0 saturated heterocycles. The van der Waals surface area contributed by atoms with Gasteiger partial charge in [0.1, 0.15) is 11.6 Å². The minimum absolute atomic E-state index is 0.119. The highest BCUT2D eigenvalue weighted by Gasteiger charge is 2.18. The van der Waals surface area contributed by atoms with E-state index in [9.17, 15) is 17.2 Å². The predicted octanol–water partition coefficient (Wildman–Crippen LogP) is 4.63. The summed E-state index contributed by atoms with van der Waals surface area (Å²) in [7, 11) is -3.22. The van der Waals surface area contributed by atoms with E-state index in [1.807, 2.05) is 0 Å². The maximum absolute atomic E-state index is 13.6. The van der Waals surface area contributed by atoms with Crippen molar-refractivity contribution in [2.75, 3.05) is 6.26 Å². The van der Waals surface area contributed by atoms with Gasteiger partial charge in [-0.2, -0.15) is 0 Å². The number of ether oxygens (including phenoxy) is 1. The van der Waals surface area contributed by atoms with Crippen molar-refractivity contribution < 1.29 is 21.9 Å². The van der Waals surface area contributed by atoms with Crippen LogP contribution in [0.2, 0.25) is 0 Å². The average molecular weight is 391 g/mol. The number of hydrogen-bond acceptors (Lipinski definition) is 3. The van der Waals surface area contributed by atoms with E-state index >= 15 is 0 Å². The zero-order valence-corrected chi connectivity index (χ0v) is 14.2. The Labute approximate surface area is 136 Å². The van der Waals surface area contributed by atoms with E-state index in [-0.39, 0.29) is 5.75 Å². The highest BCUT2D eigenvalue weighted by molar-refractivity contribution is 9.10. The lowest BCUT2D eigenvalue weighted by atomic mass is 10.1. The maximum Gasteiger partial charge on any atom is 0.168 e. The van der Waals surface area contributed by atoms with Gasteiger partial charge >= 0.3 is 0 Å². The number of sulfone groups is 1. The number of benzene rings is 2. The Balaban J connectivity index is 2.31. The third-order valence-corrected chi connectivity index (χ3v) is 5.36. The Kier molecular flexibility index (Phi) is 4.87. The molecule has 0 bridgehead atoms. The maximum atomic E-state index is 13.6. The fourth-order valence-electron chi connectivity index (χ4n) is 1.78. The zero-order valence-electron chi connectivity index (χ0n) is 11.8. The molecule has 0 fully saturated rings. The molecule has 0 saturated carbocycles.